The number of hydrogen-bond donors (Lipinski definition) is 1. The highest BCUT2D eigenvalue weighted by Gasteiger charge is 2.30. The first-order chi connectivity index (χ1) is 14.7. The molecule has 0 aliphatic carbocycles. The number of nitrogens with one attached hydrogen (secondary N) is 1. The van der Waals surface area contributed by atoms with E-state index in [-0.39, 0.29) is 17.9 Å². The quantitative estimate of drug-likeness (QED) is 0.419. The van der Waals surface area contributed by atoms with Gasteiger partial charge in [-0.05, 0) is 51.8 Å². The average Bonchev–Trinajstić information content (AvgIpc) is 3.32. The first kappa shape index (κ1) is 22.4. The summed E-state index contributed by atoms with van der Waals surface area (Å²) < 4.78 is 10.9. The van der Waals surface area contributed by atoms with E-state index in [4.69, 9.17) is 9.47 Å². The molecule has 2 fully saturated rings. The molecule has 0 amide bonds. The van der Waals surface area contributed by atoms with Gasteiger partial charge in [0, 0.05) is 32.2 Å². The second kappa shape index (κ2) is 11.2. The van der Waals surface area contributed by atoms with E-state index in [1.807, 2.05) is 26.1 Å². The van der Waals surface area contributed by atoms with Crippen LogP contribution in [0.4, 0.5) is 0 Å². The van der Waals surface area contributed by atoms with Crippen LogP contribution in [0.1, 0.15) is 44.2 Å². The van der Waals surface area contributed by atoms with Crippen LogP contribution in [0.5, 0.6) is 5.75 Å². The van der Waals surface area contributed by atoms with Gasteiger partial charge in [0.15, 0.2) is 5.96 Å². The van der Waals surface area contributed by atoms with Crippen LogP contribution in [0, 0.1) is 5.92 Å². The van der Waals surface area contributed by atoms with Crippen molar-refractivity contribution in [2.24, 2.45) is 10.9 Å². The third kappa shape index (κ3) is 5.45. The number of hydrogen-bond acceptors (Lipinski definition) is 5. The Hall–Kier alpha value is -2.28. The maximum absolute atomic E-state index is 12.2. The number of benzene rings is 1. The Morgan fingerprint density at radius 2 is 2.00 bits per heavy atom. The number of carbonyl (C=O) groups is 1. The van der Waals surface area contributed by atoms with Crippen LogP contribution in [0.15, 0.2) is 29.3 Å². The molecule has 7 heteroatoms. The highest BCUT2D eigenvalue weighted by molar-refractivity contribution is 5.81. The van der Waals surface area contributed by atoms with E-state index in [0.717, 1.165) is 50.7 Å². The van der Waals surface area contributed by atoms with E-state index in [0.29, 0.717) is 13.2 Å². The number of rotatable bonds is 7. The molecule has 7 nitrogen and oxygen atoms in total. The molecule has 3 rings (SSSR count). The minimum atomic E-state index is -0.0957. The number of likely N-dealkylation sites (tertiary alicyclic amines) is 2. The number of ether oxygens (including phenoxy) is 2. The van der Waals surface area contributed by atoms with Crippen molar-refractivity contribution in [3.05, 3.63) is 29.8 Å². The summed E-state index contributed by atoms with van der Waals surface area (Å²) in [6.45, 7) is 6.77. The maximum Gasteiger partial charge on any atom is 0.310 e. The number of para-hydroxylation sites is 1. The molecule has 0 spiro atoms. The first-order valence-electron chi connectivity index (χ1n) is 11.2. The van der Waals surface area contributed by atoms with Crippen molar-refractivity contribution in [2.45, 2.75) is 38.6 Å². The Balaban J connectivity index is 1.69. The van der Waals surface area contributed by atoms with Gasteiger partial charge in [-0.3, -0.25) is 14.7 Å². The Kier molecular flexibility index (Phi) is 8.37. The van der Waals surface area contributed by atoms with Gasteiger partial charge in [0.2, 0.25) is 0 Å². The van der Waals surface area contributed by atoms with Crippen molar-refractivity contribution in [3.8, 4) is 5.75 Å². The predicted octanol–water partition coefficient (Wildman–Crippen LogP) is 2.68. The van der Waals surface area contributed by atoms with Gasteiger partial charge in [0.05, 0.1) is 25.7 Å². The van der Waals surface area contributed by atoms with Gasteiger partial charge in [0.25, 0.3) is 0 Å². The molecule has 2 heterocycles. The summed E-state index contributed by atoms with van der Waals surface area (Å²) in [7, 11) is 3.54. The number of piperidine rings is 1. The summed E-state index contributed by atoms with van der Waals surface area (Å²) in [5.74, 6) is 1.59. The third-order valence-corrected chi connectivity index (χ3v) is 6.09. The van der Waals surface area contributed by atoms with Gasteiger partial charge in [-0.2, -0.15) is 0 Å². The number of esters is 1. The van der Waals surface area contributed by atoms with Crippen LogP contribution in [0.25, 0.3) is 0 Å². The summed E-state index contributed by atoms with van der Waals surface area (Å²) in [4.78, 5) is 21.4. The van der Waals surface area contributed by atoms with E-state index in [1.165, 1.54) is 18.4 Å². The molecule has 1 aromatic rings. The van der Waals surface area contributed by atoms with E-state index in [9.17, 15) is 4.79 Å². The number of guanidine groups is 1. The lowest BCUT2D eigenvalue weighted by atomic mass is 9.98. The fourth-order valence-electron chi connectivity index (χ4n) is 4.57. The fraction of sp³-hybridized carbons (Fsp3) is 0.652. The normalized spacial score (nSPS) is 21.4. The van der Waals surface area contributed by atoms with Crippen molar-refractivity contribution in [3.63, 3.8) is 0 Å². The van der Waals surface area contributed by atoms with Crippen LogP contribution in [-0.2, 0) is 9.53 Å². The predicted molar refractivity (Wildman–Crippen MR) is 119 cm³/mol. The van der Waals surface area contributed by atoms with Gasteiger partial charge in [0.1, 0.15) is 5.75 Å². The van der Waals surface area contributed by atoms with Crippen LogP contribution >= 0.6 is 0 Å². The molecular weight excluding hydrogens is 380 g/mol. The van der Waals surface area contributed by atoms with Gasteiger partial charge in [-0.25, -0.2) is 0 Å². The first-order valence-corrected chi connectivity index (χ1v) is 11.2. The lowest BCUT2D eigenvalue weighted by Crippen LogP contribution is -2.50. The van der Waals surface area contributed by atoms with E-state index in [1.54, 1.807) is 7.11 Å². The molecule has 166 valence electrons. The molecule has 2 aliphatic rings. The molecule has 2 aliphatic heterocycles. The largest absolute Gasteiger partial charge is 0.496 e. The zero-order valence-electron chi connectivity index (χ0n) is 18.6. The Morgan fingerprint density at radius 3 is 2.70 bits per heavy atom. The number of methoxy groups -OCH3 is 1. The van der Waals surface area contributed by atoms with Crippen molar-refractivity contribution in [2.75, 3.05) is 53.5 Å². The monoisotopic (exact) mass is 416 g/mol. The van der Waals surface area contributed by atoms with Gasteiger partial charge in [-0.15, -0.1) is 0 Å². The van der Waals surface area contributed by atoms with Gasteiger partial charge in [-0.1, -0.05) is 18.2 Å². The molecule has 1 aromatic carbocycles. The zero-order valence-corrected chi connectivity index (χ0v) is 18.6. The minimum absolute atomic E-state index is 0.0825. The SMILES string of the molecule is CCOC(=O)C1CCCN(C(=NC)NCC(c2ccccc2OC)N2CCCC2)C1. The molecule has 0 saturated carbocycles. The lowest BCUT2D eigenvalue weighted by molar-refractivity contribution is -0.149. The average molecular weight is 417 g/mol. The summed E-state index contributed by atoms with van der Waals surface area (Å²) in [5, 5.41) is 3.58. The lowest BCUT2D eigenvalue weighted by Gasteiger charge is -2.35. The van der Waals surface area contributed by atoms with Crippen LogP contribution in [0.2, 0.25) is 0 Å². The molecule has 0 aromatic heterocycles. The van der Waals surface area contributed by atoms with E-state index in [2.05, 4.69) is 32.2 Å². The van der Waals surface area contributed by atoms with Gasteiger partial charge >= 0.3 is 5.97 Å². The smallest absolute Gasteiger partial charge is 0.310 e. The highest BCUT2D eigenvalue weighted by Crippen LogP contribution is 2.31. The molecule has 30 heavy (non-hydrogen) atoms. The topological polar surface area (TPSA) is 66.4 Å². The van der Waals surface area contributed by atoms with Crippen molar-refractivity contribution >= 4 is 11.9 Å². The molecule has 0 bridgehead atoms. The molecule has 2 saturated heterocycles. The molecular formula is C23H36N4O3. The minimum Gasteiger partial charge on any atom is -0.496 e. The summed E-state index contributed by atoms with van der Waals surface area (Å²) in [5.41, 5.74) is 1.20. The Bertz CT molecular complexity index is 718. The van der Waals surface area contributed by atoms with Gasteiger partial charge < -0.3 is 19.7 Å². The second-order valence-electron chi connectivity index (χ2n) is 7.97. The fourth-order valence-corrected chi connectivity index (χ4v) is 4.57. The molecule has 1 N–H and O–H groups in total. The highest BCUT2D eigenvalue weighted by atomic mass is 16.5. The number of carbonyl (C=O) groups excluding carboxylic acids is 1. The number of nitrogens with zero attached hydrogens (tertiary/aromatic N) is 3. The van der Waals surface area contributed by atoms with Crippen LogP contribution < -0.4 is 10.1 Å². The van der Waals surface area contributed by atoms with Crippen LogP contribution in [-0.4, -0.2) is 75.2 Å². The van der Waals surface area contributed by atoms with E-state index >= 15 is 0 Å². The maximum atomic E-state index is 12.2. The zero-order chi connectivity index (χ0) is 21.3. The Morgan fingerprint density at radius 1 is 1.23 bits per heavy atom. The van der Waals surface area contributed by atoms with Crippen LogP contribution in [0.3, 0.4) is 0 Å². The van der Waals surface area contributed by atoms with Crippen molar-refractivity contribution in [1.82, 2.24) is 15.1 Å². The second-order valence-corrected chi connectivity index (χ2v) is 7.97. The number of aliphatic imine (C=N–C) groups is 1. The molecule has 0 radical (unpaired) electrons. The summed E-state index contributed by atoms with van der Waals surface area (Å²) in [6.07, 6.45) is 4.30. The van der Waals surface area contributed by atoms with E-state index < -0.39 is 0 Å². The summed E-state index contributed by atoms with van der Waals surface area (Å²) >= 11 is 0. The third-order valence-electron chi connectivity index (χ3n) is 6.09. The molecule has 2 atom stereocenters. The van der Waals surface area contributed by atoms with Crippen molar-refractivity contribution < 1.29 is 14.3 Å². The Labute approximate surface area is 180 Å². The van der Waals surface area contributed by atoms with Crippen molar-refractivity contribution in [1.29, 1.82) is 0 Å². The standard InChI is InChI=1S/C23H36N4O3/c1-4-30-22(28)18-10-9-15-27(17-18)23(24-2)25-16-20(26-13-7-8-14-26)19-11-5-6-12-21(19)29-3/h5-6,11-12,18,20H,4,7-10,13-17H2,1-3H3,(H,24,25). The molecule has 2 unspecified atom stereocenters. The summed E-state index contributed by atoms with van der Waals surface area (Å²) in [6, 6.07) is 8.49.